The van der Waals surface area contributed by atoms with Gasteiger partial charge in [0.2, 0.25) is 5.95 Å². The number of aromatic nitrogens is 2. The Morgan fingerprint density at radius 2 is 1.77 bits per heavy atom. The van der Waals surface area contributed by atoms with Gasteiger partial charge in [-0.1, -0.05) is 42.5 Å². The number of hydrogen-bond acceptors (Lipinski definition) is 6. The van der Waals surface area contributed by atoms with Crippen molar-refractivity contribution in [3.63, 3.8) is 0 Å². The van der Waals surface area contributed by atoms with Crippen LogP contribution in [0.4, 0.5) is 5.95 Å². The third-order valence-electron chi connectivity index (χ3n) is 4.38. The van der Waals surface area contributed by atoms with Crippen LogP contribution in [0.15, 0.2) is 48.8 Å². The number of amides is 1. The molecule has 2 heterocycles. The van der Waals surface area contributed by atoms with E-state index >= 15 is 0 Å². The minimum Gasteiger partial charge on any atom is -0.366 e. The first-order valence-corrected chi connectivity index (χ1v) is 8.70. The van der Waals surface area contributed by atoms with Gasteiger partial charge >= 0.3 is 0 Å². The highest BCUT2D eigenvalue weighted by Gasteiger charge is 2.20. The van der Waals surface area contributed by atoms with Crippen molar-refractivity contribution in [3.8, 4) is 0 Å². The predicted octanol–water partition coefficient (Wildman–Crippen LogP) is 0.738. The fourth-order valence-corrected chi connectivity index (χ4v) is 2.90. The molecule has 2 aromatic rings. The average molecular weight is 352 g/mol. The number of nitrogens with two attached hydrogens (primary N) is 2. The van der Waals surface area contributed by atoms with Crippen LogP contribution in [0, 0.1) is 0 Å². The van der Waals surface area contributed by atoms with Crippen LogP contribution in [0.5, 0.6) is 0 Å². The first kappa shape index (κ1) is 18.0. The van der Waals surface area contributed by atoms with Crippen molar-refractivity contribution >= 4 is 17.9 Å². The molecule has 1 aliphatic heterocycles. The maximum absolute atomic E-state index is 11.1. The zero-order chi connectivity index (χ0) is 18.4. The van der Waals surface area contributed by atoms with E-state index in [1.165, 1.54) is 12.4 Å². The third kappa shape index (κ3) is 4.87. The van der Waals surface area contributed by atoms with E-state index in [1.807, 2.05) is 24.3 Å². The van der Waals surface area contributed by atoms with Crippen LogP contribution in [0.3, 0.4) is 0 Å². The molecule has 1 aromatic carbocycles. The van der Waals surface area contributed by atoms with Crippen LogP contribution < -0.4 is 16.4 Å². The summed E-state index contributed by atoms with van der Waals surface area (Å²) >= 11 is 0. The number of carbonyl (C=O) groups is 1. The zero-order valence-corrected chi connectivity index (χ0v) is 14.7. The molecule has 26 heavy (non-hydrogen) atoms. The van der Waals surface area contributed by atoms with Crippen molar-refractivity contribution in [2.75, 3.05) is 37.6 Å². The molecule has 3 rings (SSSR count). The van der Waals surface area contributed by atoms with Gasteiger partial charge in [0.15, 0.2) is 0 Å². The summed E-state index contributed by atoms with van der Waals surface area (Å²) in [6.45, 7) is 4.26. The summed E-state index contributed by atoms with van der Waals surface area (Å²) in [5.41, 5.74) is 12.9. The standard InChI is InChI=1S/C19H24N6O/c20-17(7-6-15-4-2-1-3-5-15)14-24-8-10-25(11-9-24)19-22-12-16(13-23-19)18(21)26/h1-7,12-13,17H,8-11,14,20H2,(H2,21,26)/b7-6+. The number of rotatable bonds is 6. The average Bonchev–Trinajstić information content (AvgIpc) is 2.68. The normalized spacial score (nSPS) is 16.7. The molecule has 1 aromatic heterocycles. The first-order chi connectivity index (χ1) is 12.6. The van der Waals surface area contributed by atoms with Gasteiger partial charge in [0.05, 0.1) is 5.56 Å². The van der Waals surface area contributed by atoms with E-state index in [2.05, 4.69) is 38.0 Å². The molecule has 1 unspecified atom stereocenters. The number of primary amides is 1. The lowest BCUT2D eigenvalue weighted by Gasteiger charge is -2.35. The molecule has 1 fully saturated rings. The smallest absolute Gasteiger partial charge is 0.251 e. The molecule has 0 spiro atoms. The van der Waals surface area contributed by atoms with Crippen LogP contribution >= 0.6 is 0 Å². The molecule has 7 nitrogen and oxygen atoms in total. The molecular formula is C19H24N6O. The number of anilines is 1. The van der Waals surface area contributed by atoms with E-state index in [-0.39, 0.29) is 6.04 Å². The Labute approximate surface area is 153 Å². The Bertz CT molecular complexity index is 738. The molecule has 4 N–H and O–H groups in total. The maximum atomic E-state index is 11.1. The number of piperazine rings is 1. The number of carbonyl (C=O) groups excluding carboxylic acids is 1. The van der Waals surface area contributed by atoms with Crippen LogP contribution in [0.2, 0.25) is 0 Å². The third-order valence-corrected chi connectivity index (χ3v) is 4.38. The maximum Gasteiger partial charge on any atom is 0.251 e. The second kappa shape index (κ2) is 8.55. The topological polar surface area (TPSA) is 101 Å². The minimum atomic E-state index is -0.515. The number of hydrogen-bond donors (Lipinski definition) is 2. The van der Waals surface area contributed by atoms with Gasteiger partial charge in [0, 0.05) is 51.2 Å². The summed E-state index contributed by atoms with van der Waals surface area (Å²) in [4.78, 5) is 24.0. The second-order valence-corrected chi connectivity index (χ2v) is 6.36. The summed E-state index contributed by atoms with van der Waals surface area (Å²) < 4.78 is 0. The second-order valence-electron chi connectivity index (χ2n) is 6.36. The van der Waals surface area contributed by atoms with E-state index in [9.17, 15) is 4.79 Å². The molecule has 0 bridgehead atoms. The first-order valence-electron chi connectivity index (χ1n) is 8.70. The molecule has 1 saturated heterocycles. The van der Waals surface area contributed by atoms with Crippen molar-refractivity contribution in [1.29, 1.82) is 0 Å². The fraction of sp³-hybridized carbons (Fsp3) is 0.316. The van der Waals surface area contributed by atoms with Crippen LogP contribution in [-0.4, -0.2) is 59.5 Å². The van der Waals surface area contributed by atoms with E-state index < -0.39 is 5.91 Å². The van der Waals surface area contributed by atoms with Gasteiger partial charge < -0.3 is 16.4 Å². The Morgan fingerprint density at radius 1 is 1.12 bits per heavy atom. The van der Waals surface area contributed by atoms with Gasteiger partial charge in [-0.3, -0.25) is 9.69 Å². The van der Waals surface area contributed by atoms with Gasteiger partial charge in [-0.05, 0) is 5.56 Å². The lowest BCUT2D eigenvalue weighted by atomic mass is 10.1. The molecule has 136 valence electrons. The SMILES string of the molecule is NC(=O)c1cnc(N2CCN(CC(N)/C=C/c3ccccc3)CC2)nc1. The van der Waals surface area contributed by atoms with Crippen molar-refractivity contribution in [2.45, 2.75) is 6.04 Å². The van der Waals surface area contributed by atoms with Crippen molar-refractivity contribution in [1.82, 2.24) is 14.9 Å². The lowest BCUT2D eigenvalue weighted by molar-refractivity contribution is 0.0999. The molecule has 1 amide bonds. The Balaban J connectivity index is 1.47. The highest BCUT2D eigenvalue weighted by molar-refractivity contribution is 5.92. The zero-order valence-electron chi connectivity index (χ0n) is 14.7. The highest BCUT2D eigenvalue weighted by Crippen LogP contribution is 2.11. The molecule has 7 heteroatoms. The minimum absolute atomic E-state index is 0.00661. The van der Waals surface area contributed by atoms with E-state index in [4.69, 9.17) is 11.5 Å². The van der Waals surface area contributed by atoms with Crippen LogP contribution in [-0.2, 0) is 0 Å². The molecule has 0 radical (unpaired) electrons. The van der Waals surface area contributed by atoms with Crippen molar-refractivity contribution < 1.29 is 4.79 Å². The van der Waals surface area contributed by atoms with Gasteiger partial charge in [-0.2, -0.15) is 0 Å². The Kier molecular flexibility index (Phi) is 5.93. The lowest BCUT2D eigenvalue weighted by Crippen LogP contribution is -2.50. The molecular weight excluding hydrogens is 328 g/mol. The van der Waals surface area contributed by atoms with Crippen molar-refractivity contribution in [2.24, 2.45) is 11.5 Å². The molecule has 1 aliphatic rings. The quantitative estimate of drug-likeness (QED) is 0.795. The summed E-state index contributed by atoms with van der Waals surface area (Å²) in [6, 6.07) is 10.1. The summed E-state index contributed by atoms with van der Waals surface area (Å²) in [5, 5.41) is 0. The van der Waals surface area contributed by atoms with Crippen molar-refractivity contribution in [3.05, 3.63) is 59.9 Å². The Hall–Kier alpha value is -2.77. The molecule has 0 aliphatic carbocycles. The van der Waals surface area contributed by atoms with Gasteiger partial charge in [-0.15, -0.1) is 0 Å². The van der Waals surface area contributed by atoms with E-state index in [0.717, 1.165) is 38.3 Å². The summed E-state index contributed by atoms with van der Waals surface area (Å²) in [5.74, 6) is 0.113. The van der Waals surface area contributed by atoms with Crippen LogP contribution in [0.25, 0.3) is 6.08 Å². The van der Waals surface area contributed by atoms with Gasteiger partial charge in [0.1, 0.15) is 0 Å². The van der Waals surface area contributed by atoms with Gasteiger partial charge in [-0.25, -0.2) is 9.97 Å². The monoisotopic (exact) mass is 352 g/mol. The largest absolute Gasteiger partial charge is 0.366 e. The summed E-state index contributed by atoms with van der Waals surface area (Å²) in [7, 11) is 0. The Morgan fingerprint density at radius 3 is 2.38 bits per heavy atom. The molecule has 0 saturated carbocycles. The number of benzene rings is 1. The van der Waals surface area contributed by atoms with Gasteiger partial charge in [0.25, 0.3) is 5.91 Å². The summed E-state index contributed by atoms with van der Waals surface area (Å²) in [6.07, 6.45) is 7.06. The predicted molar refractivity (Wildman–Crippen MR) is 103 cm³/mol. The highest BCUT2D eigenvalue weighted by atomic mass is 16.1. The van der Waals surface area contributed by atoms with E-state index in [1.54, 1.807) is 0 Å². The van der Waals surface area contributed by atoms with E-state index in [0.29, 0.717) is 11.5 Å². The fourth-order valence-electron chi connectivity index (χ4n) is 2.90. The van der Waals surface area contributed by atoms with Crippen LogP contribution in [0.1, 0.15) is 15.9 Å². The molecule has 1 atom stereocenters. The number of nitrogens with zero attached hydrogens (tertiary/aromatic N) is 4.